The lowest BCUT2D eigenvalue weighted by molar-refractivity contribution is -0.708. The third-order valence-corrected chi connectivity index (χ3v) is 3.93. The highest BCUT2D eigenvalue weighted by Gasteiger charge is 2.37. The van der Waals surface area contributed by atoms with Crippen LogP contribution < -0.4 is 10.6 Å². The average molecular weight is 383 g/mol. The maximum Gasteiger partial charge on any atom is 0.262 e. The molecule has 2 aromatic rings. The lowest BCUT2D eigenvalue weighted by Gasteiger charge is -2.23. The Balaban J connectivity index is 2.06. The molecule has 1 aromatic heterocycles. The Kier molecular flexibility index (Phi) is 6.01. The largest absolute Gasteiger partial charge is 0.463 e. The van der Waals surface area contributed by atoms with Crippen molar-refractivity contribution in [2.75, 3.05) is 0 Å². The van der Waals surface area contributed by atoms with Crippen LogP contribution in [0.2, 0.25) is 5.02 Å². The summed E-state index contributed by atoms with van der Waals surface area (Å²) in [5, 5.41) is 4.66. The summed E-state index contributed by atoms with van der Waals surface area (Å²) in [5.74, 6) is 0.281. The monoisotopic (exact) mass is 381 g/mol. The molecule has 0 aliphatic carbocycles. The number of carbonyl (C=O) groups is 1. The van der Waals surface area contributed by atoms with Gasteiger partial charge in [-0.1, -0.05) is 58.5 Å². The molecule has 2 rings (SSSR count). The van der Waals surface area contributed by atoms with Gasteiger partial charge in [-0.2, -0.15) is 0 Å². The second-order valence-corrected chi connectivity index (χ2v) is 7.27. The zero-order valence-corrected chi connectivity index (χ0v) is 14.3. The van der Waals surface area contributed by atoms with Crippen molar-refractivity contribution in [3.8, 4) is 0 Å². The number of nitrogens with one attached hydrogen (secondary N) is 1. The van der Waals surface area contributed by atoms with Gasteiger partial charge in [0.05, 0.1) is 16.8 Å². The number of benzene rings is 1. The molecule has 0 saturated carbocycles. The van der Waals surface area contributed by atoms with E-state index in [0.29, 0.717) is 22.9 Å². The van der Waals surface area contributed by atoms with E-state index in [-0.39, 0.29) is 0 Å². The van der Waals surface area contributed by atoms with Gasteiger partial charge >= 0.3 is 0 Å². The second-order valence-electron chi connectivity index (χ2n) is 4.49. The molecule has 0 aliphatic heterocycles. The molecule has 22 heavy (non-hydrogen) atoms. The van der Waals surface area contributed by atoms with E-state index in [1.165, 1.54) is 0 Å². The Morgan fingerprint density at radius 1 is 1.23 bits per heavy atom. The third-order valence-electron chi connectivity index (χ3n) is 2.89. The molecule has 0 saturated heterocycles. The highest BCUT2D eigenvalue weighted by Crippen LogP contribution is 2.28. The maximum absolute atomic E-state index is 12.3. The van der Waals surface area contributed by atoms with E-state index < -0.39 is 15.9 Å². The smallest absolute Gasteiger partial charge is 0.262 e. The van der Waals surface area contributed by atoms with Gasteiger partial charge in [-0.05, 0) is 24.3 Å². The summed E-state index contributed by atoms with van der Waals surface area (Å²) in [6.45, 7) is 0.411. The first kappa shape index (κ1) is 17.4. The minimum absolute atomic E-state index is 0.315. The molecular formula is C14H13Cl4N2O2+. The Morgan fingerprint density at radius 3 is 2.55 bits per heavy atom. The van der Waals surface area contributed by atoms with Crippen LogP contribution in [0.15, 0.2) is 47.1 Å². The van der Waals surface area contributed by atoms with E-state index in [9.17, 15) is 4.79 Å². The Bertz CT molecular complexity index is 626. The standard InChI is InChI=1S/C14H12Cl4N2O2/c15-11-6-2-1-5-10(11)12(21)20-13(14(16,17)18)19-8-9-4-3-7-22-9/h1-7,13,19H,8H2,(H,20,21)/p+1/t13-/m1/s1. The Morgan fingerprint density at radius 2 is 1.95 bits per heavy atom. The summed E-state index contributed by atoms with van der Waals surface area (Å²) in [5.41, 5.74) is 0.315. The minimum atomic E-state index is -1.69. The summed E-state index contributed by atoms with van der Waals surface area (Å²) in [4.78, 5) is 12.3. The Labute approximate surface area is 147 Å². The summed E-state index contributed by atoms with van der Waals surface area (Å²) >= 11 is 23.8. The van der Waals surface area contributed by atoms with Gasteiger partial charge in [-0.15, -0.1) is 0 Å². The predicted molar refractivity (Wildman–Crippen MR) is 87.3 cm³/mol. The molecule has 0 bridgehead atoms. The topological polar surface area (TPSA) is 58.9 Å². The van der Waals surface area contributed by atoms with Crippen LogP contribution in [0.4, 0.5) is 0 Å². The first-order valence-corrected chi connectivity index (χ1v) is 7.87. The van der Waals surface area contributed by atoms with E-state index in [2.05, 4.69) is 5.32 Å². The summed E-state index contributed by atoms with van der Waals surface area (Å²) in [6, 6.07) is 10.2. The van der Waals surface area contributed by atoms with Crippen molar-refractivity contribution in [2.45, 2.75) is 16.5 Å². The highest BCUT2D eigenvalue weighted by molar-refractivity contribution is 6.68. The number of nitrogens with two attached hydrogens (primary N) is 1. The number of hydrogen-bond acceptors (Lipinski definition) is 2. The van der Waals surface area contributed by atoms with Crippen molar-refractivity contribution in [3.63, 3.8) is 0 Å². The molecule has 1 atom stereocenters. The molecule has 0 spiro atoms. The molecule has 0 radical (unpaired) electrons. The predicted octanol–water partition coefficient (Wildman–Crippen LogP) is 3.12. The van der Waals surface area contributed by atoms with Crippen LogP contribution in [0.1, 0.15) is 16.1 Å². The van der Waals surface area contributed by atoms with Crippen molar-refractivity contribution in [1.29, 1.82) is 0 Å². The second kappa shape index (κ2) is 7.57. The van der Waals surface area contributed by atoms with E-state index >= 15 is 0 Å². The molecule has 3 N–H and O–H groups in total. The fourth-order valence-electron chi connectivity index (χ4n) is 1.80. The summed E-state index contributed by atoms with van der Waals surface area (Å²) in [6.07, 6.45) is 0.752. The van der Waals surface area contributed by atoms with E-state index in [0.717, 1.165) is 0 Å². The molecular weight excluding hydrogens is 370 g/mol. The van der Waals surface area contributed by atoms with Crippen LogP contribution in [0.3, 0.4) is 0 Å². The summed E-state index contributed by atoms with van der Waals surface area (Å²) < 4.78 is 3.52. The molecule has 4 nitrogen and oxygen atoms in total. The average Bonchev–Trinajstić information content (AvgIpc) is 2.95. The van der Waals surface area contributed by atoms with Crippen molar-refractivity contribution in [1.82, 2.24) is 5.32 Å². The molecule has 118 valence electrons. The van der Waals surface area contributed by atoms with Crippen LogP contribution in [0.25, 0.3) is 0 Å². The van der Waals surface area contributed by atoms with Gasteiger partial charge in [0.15, 0.2) is 5.76 Å². The number of quaternary nitrogens is 1. The third kappa shape index (κ3) is 4.80. The number of hydrogen-bond donors (Lipinski definition) is 2. The molecule has 1 aromatic carbocycles. The van der Waals surface area contributed by atoms with Gasteiger partial charge < -0.3 is 9.73 Å². The van der Waals surface area contributed by atoms with E-state index in [1.807, 2.05) is 0 Å². The first-order chi connectivity index (χ1) is 10.4. The van der Waals surface area contributed by atoms with E-state index in [1.54, 1.807) is 48.0 Å². The maximum atomic E-state index is 12.3. The zero-order valence-electron chi connectivity index (χ0n) is 11.2. The van der Waals surface area contributed by atoms with Gasteiger partial charge in [0.25, 0.3) is 9.70 Å². The quantitative estimate of drug-likeness (QED) is 0.616. The minimum Gasteiger partial charge on any atom is -0.463 e. The van der Waals surface area contributed by atoms with Crippen LogP contribution in [0, 0.1) is 0 Å². The lowest BCUT2D eigenvalue weighted by atomic mass is 10.2. The van der Waals surface area contributed by atoms with Crippen LogP contribution in [0.5, 0.6) is 0 Å². The first-order valence-electron chi connectivity index (χ1n) is 6.36. The van der Waals surface area contributed by atoms with Gasteiger partial charge in [-0.25, -0.2) is 0 Å². The number of rotatable bonds is 5. The SMILES string of the molecule is O=C(N[C@@H]([NH2+]Cc1ccco1)C(Cl)(Cl)Cl)c1ccccc1Cl. The van der Waals surface area contributed by atoms with Crippen molar-refractivity contribution in [2.24, 2.45) is 0 Å². The molecule has 0 fully saturated rings. The molecule has 0 aliphatic rings. The molecule has 0 unspecified atom stereocenters. The lowest BCUT2D eigenvalue weighted by Crippen LogP contribution is -2.95. The molecule has 1 heterocycles. The van der Waals surface area contributed by atoms with Crippen molar-refractivity contribution in [3.05, 3.63) is 59.0 Å². The fraction of sp³-hybridized carbons (Fsp3) is 0.214. The fourth-order valence-corrected chi connectivity index (χ4v) is 2.45. The van der Waals surface area contributed by atoms with Crippen molar-refractivity contribution >= 4 is 52.3 Å². The molecule has 1 amide bonds. The normalized spacial score (nSPS) is 12.9. The number of halogens is 4. The number of alkyl halides is 3. The molecule has 8 heteroatoms. The van der Waals surface area contributed by atoms with Crippen LogP contribution in [-0.2, 0) is 6.54 Å². The van der Waals surface area contributed by atoms with Crippen molar-refractivity contribution < 1.29 is 14.5 Å². The highest BCUT2D eigenvalue weighted by atomic mass is 35.6. The van der Waals surface area contributed by atoms with Gasteiger partial charge in [0, 0.05) is 0 Å². The van der Waals surface area contributed by atoms with Gasteiger partial charge in [0.2, 0.25) is 6.17 Å². The Hall–Kier alpha value is -0.910. The van der Waals surface area contributed by atoms with E-state index in [4.69, 9.17) is 50.8 Å². The van der Waals surface area contributed by atoms with Crippen LogP contribution >= 0.6 is 46.4 Å². The van der Waals surface area contributed by atoms with Gasteiger partial charge in [0.1, 0.15) is 6.54 Å². The number of carbonyl (C=O) groups excluding carboxylic acids is 1. The zero-order chi connectivity index (χ0) is 16.2. The van der Waals surface area contributed by atoms with Gasteiger partial charge in [-0.3, -0.25) is 10.1 Å². The summed E-state index contributed by atoms with van der Waals surface area (Å²) in [7, 11) is 0. The van der Waals surface area contributed by atoms with Crippen LogP contribution in [-0.4, -0.2) is 15.9 Å². The number of amides is 1. The number of furan rings is 1.